The minimum atomic E-state index is -0.296. The van der Waals surface area contributed by atoms with Crippen LogP contribution in [0.3, 0.4) is 0 Å². The van der Waals surface area contributed by atoms with Crippen LogP contribution in [0.5, 0.6) is 0 Å². The number of pyridine rings is 1. The van der Waals surface area contributed by atoms with Gasteiger partial charge in [-0.05, 0) is 43.2 Å². The predicted octanol–water partition coefficient (Wildman–Crippen LogP) is 5.00. The lowest BCUT2D eigenvalue weighted by Gasteiger charge is -2.13. The maximum absolute atomic E-state index is 12.2. The van der Waals surface area contributed by atoms with E-state index in [1.807, 2.05) is 6.07 Å². The van der Waals surface area contributed by atoms with Gasteiger partial charge in [0.1, 0.15) is 5.69 Å². The first-order valence-corrected chi connectivity index (χ1v) is 8.36. The van der Waals surface area contributed by atoms with Crippen molar-refractivity contribution in [1.29, 1.82) is 0 Å². The number of rotatable bonds is 4. The fraction of sp³-hybridized carbons (Fsp3) is 0.294. The van der Waals surface area contributed by atoms with Crippen molar-refractivity contribution >= 4 is 40.5 Å². The van der Waals surface area contributed by atoms with Crippen LogP contribution in [-0.2, 0) is 0 Å². The molecule has 0 aliphatic heterocycles. The number of hydrogen-bond acceptors (Lipinski definition) is 3. The molecule has 4 nitrogen and oxygen atoms in total. The molecule has 1 saturated carbocycles. The summed E-state index contributed by atoms with van der Waals surface area (Å²) in [7, 11) is 0. The molecule has 1 aliphatic carbocycles. The number of carbonyl (C=O) groups excluding carboxylic acids is 1. The molecular weight excluding hydrogens is 333 g/mol. The third kappa shape index (κ3) is 4.36. The van der Waals surface area contributed by atoms with Gasteiger partial charge < -0.3 is 10.6 Å². The lowest BCUT2D eigenvalue weighted by atomic mass is 10.2. The molecule has 0 saturated heterocycles. The molecule has 0 radical (unpaired) electrons. The number of amides is 1. The number of carbonyl (C=O) groups is 1. The number of aromatic nitrogens is 1. The molecule has 6 heteroatoms. The molecule has 0 atom stereocenters. The molecule has 120 valence electrons. The highest BCUT2D eigenvalue weighted by Gasteiger charge is 2.15. The number of halogens is 2. The molecule has 2 N–H and O–H groups in total. The summed E-state index contributed by atoms with van der Waals surface area (Å²) in [6.07, 6.45) is 6.62. The van der Waals surface area contributed by atoms with Crippen LogP contribution < -0.4 is 10.6 Å². The maximum atomic E-state index is 12.2. The van der Waals surface area contributed by atoms with Crippen molar-refractivity contribution in [3.63, 3.8) is 0 Å². The number of hydrogen-bond donors (Lipinski definition) is 2. The second kappa shape index (κ2) is 7.20. The number of benzene rings is 1. The molecule has 1 aliphatic rings. The van der Waals surface area contributed by atoms with Crippen molar-refractivity contribution in [3.8, 4) is 0 Å². The molecular formula is C17H17Cl2N3O. The molecule has 3 rings (SSSR count). The van der Waals surface area contributed by atoms with Gasteiger partial charge in [-0.3, -0.25) is 4.79 Å². The van der Waals surface area contributed by atoms with Crippen LogP contribution in [0.25, 0.3) is 0 Å². The molecule has 2 aromatic rings. The van der Waals surface area contributed by atoms with Gasteiger partial charge >= 0.3 is 0 Å². The SMILES string of the molecule is O=C(Nc1cc(Cl)cc(Cl)c1)c1ccc(NC2CCCC2)cn1. The molecule has 1 aromatic heterocycles. The van der Waals surface area contributed by atoms with Crippen molar-refractivity contribution in [2.24, 2.45) is 0 Å². The highest BCUT2D eigenvalue weighted by molar-refractivity contribution is 6.35. The van der Waals surface area contributed by atoms with Gasteiger partial charge in [0.05, 0.1) is 11.9 Å². The number of nitrogens with zero attached hydrogens (tertiary/aromatic N) is 1. The first-order chi connectivity index (χ1) is 11.1. The number of nitrogens with one attached hydrogen (secondary N) is 2. The molecule has 0 bridgehead atoms. The van der Waals surface area contributed by atoms with Crippen LogP contribution in [-0.4, -0.2) is 16.9 Å². The predicted molar refractivity (Wildman–Crippen MR) is 94.5 cm³/mol. The largest absolute Gasteiger partial charge is 0.381 e. The number of anilines is 2. The van der Waals surface area contributed by atoms with Crippen LogP contribution in [0.2, 0.25) is 10.0 Å². The summed E-state index contributed by atoms with van der Waals surface area (Å²) in [5.41, 5.74) is 1.83. The summed E-state index contributed by atoms with van der Waals surface area (Å²) in [5, 5.41) is 7.12. The van der Waals surface area contributed by atoms with E-state index < -0.39 is 0 Å². The van der Waals surface area contributed by atoms with Gasteiger partial charge in [0, 0.05) is 21.8 Å². The van der Waals surface area contributed by atoms with Gasteiger partial charge in [-0.15, -0.1) is 0 Å². The average molecular weight is 350 g/mol. The zero-order valence-electron chi connectivity index (χ0n) is 12.5. The summed E-state index contributed by atoms with van der Waals surface area (Å²) < 4.78 is 0. The van der Waals surface area contributed by atoms with E-state index >= 15 is 0 Å². The smallest absolute Gasteiger partial charge is 0.274 e. The van der Waals surface area contributed by atoms with Crippen molar-refractivity contribution in [2.45, 2.75) is 31.7 Å². The van der Waals surface area contributed by atoms with Crippen LogP contribution >= 0.6 is 23.2 Å². The highest BCUT2D eigenvalue weighted by atomic mass is 35.5. The van der Waals surface area contributed by atoms with Crippen LogP contribution in [0.15, 0.2) is 36.5 Å². The van der Waals surface area contributed by atoms with E-state index in [0.29, 0.717) is 27.5 Å². The van der Waals surface area contributed by atoms with Gasteiger partial charge in [-0.2, -0.15) is 0 Å². The van der Waals surface area contributed by atoms with Crippen molar-refractivity contribution in [3.05, 3.63) is 52.3 Å². The minimum absolute atomic E-state index is 0.296. The van der Waals surface area contributed by atoms with Crippen LogP contribution in [0, 0.1) is 0 Å². The van der Waals surface area contributed by atoms with Gasteiger partial charge in [-0.25, -0.2) is 4.98 Å². The second-order valence-corrected chi connectivity index (χ2v) is 6.54. The Morgan fingerprint density at radius 3 is 2.35 bits per heavy atom. The van der Waals surface area contributed by atoms with Gasteiger partial charge in [-0.1, -0.05) is 36.0 Å². The van der Waals surface area contributed by atoms with E-state index in [1.165, 1.54) is 25.7 Å². The molecule has 0 spiro atoms. The summed E-state index contributed by atoms with van der Waals surface area (Å²) in [4.78, 5) is 16.4. The molecule has 1 aromatic carbocycles. The fourth-order valence-electron chi connectivity index (χ4n) is 2.74. The average Bonchev–Trinajstić information content (AvgIpc) is 3.00. The quantitative estimate of drug-likeness (QED) is 0.816. The Morgan fingerprint density at radius 1 is 1.04 bits per heavy atom. The van der Waals surface area contributed by atoms with E-state index in [2.05, 4.69) is 15.6 Å². The first-order valence-electron chi connectivity index (χ1n) is 7.60. The molecule has 1 fully saturated rings. The minimum Gasteiger partial charge on any atom is -0.381 e. The van der Waals surface area contributed by atoms with Crippen molar-refractivity contribution < 1.29 is 4.79 Å². The molecule has 1 heterocycles. The molecule has 23 heavy (non-hydrogen) atoms. The lowest BCUT2D eigenvalue weighted by Crippen LogP contribution is -2.16. The fourth-order valence-corrected chi connectivity index (χ4v) is 3.27. The Balaban J connectivity index is 1.65. The molecule has 1 amide bonds. The Hall–Kier alpha value is -1.78. The van der Waals surface area contributed by atoms with Crippen LogP contribution in [0.1, 0.15) is 36.2 Å². The standard InChI is InChI=1S/C17H17Cl2N3O/c18-11-7-12(19)9-15(8-11)22-17(23)16-6-5-14(10-20-16)21-13-3-1-2-4-13/h5-10,13,21H,1-4H2,(H,22,23). The lowest BCUT2D eigenvalue weighted by molar-refractivity contribution is 0.102. The zero-order chi connectivity index (χ0) is 16.2. The van der Waals surface area contributed by atoms with Gasteiger partial charge in [0.25, 0.3) is 5.91 Å². The van der Waals surface area contributed by atoms with E-state index in [9.17, 15) is 4.79 Å². The third-order valence-corrected chi connectivity index (χ3v) is 4.28. The van der Waals surface area contributed by atoms with E-state index in [4.69, 9.17) is 23.2 Å². The monoisotopic (exact) mass is 349 g/mol. The Morgan fingerprint density at radius 2 is 1.74 bits per heavy atom. The topological polar surface area (TPSA) is 54.0 Å². The van der Waals surface area contributed by atoms with Crippen molar-refractivity contribution in [1.82, 2.24) is 4.98 Å². The van der Waals surface area contributed by atoms with Crippen LogP contribution in [0.4, 0.5) is 11.4 Å². The highest BCUT2D eigenvalue weighted by Crippen LogP contribution is 2.24. The molecule has 0 unspecified atom stereocenters. The maximum Gasteiger partial charge on any atom is 0.274 e. The zero-order valence-corrected chi connectivity index (χ0v) is 14.0. The Labute approximate surface area is 145 Å². The summed E-state index contributed by atoms with van der Waals surface area (Å²) in [6, 6.07) is 9.00. The summed E-state index contributed by atoms with van der Waals surface area (Å²) >= 11 is 11.8. The van der Waals surface area contributed by atoms with E-state index in [0.717, 1.165) is 5.69 Å². The van der Waals surface area contributed by atoms with Crippen molar-refractivity contribution in [2.75, 3.05) is 10.6 Å². The summed E-state index contributed by atoms with van der Waals surface area (Å²) in [5.74, 6) is -0.296. The third-order valence-electron chi connectivity index (χ3n) is 3.84. The van der Waals surface area contributed by atoms with E-state index in [-0.39, 0.29) is 5.91 Å². The normalized spacial score (nSPS) is 14.7. The Kier molecular flexibility index (Phi) is 5.03. The summed E-state index contributed by atoms with van der Waals surface area (Å²) in [6.45, 7) is 0. The Bertz CT molecular complexity index is 677. The first kappa shape index (κ1) is 16.1. The van der Waals surface area contributed by atoms with Gasteiger partial charge in [0.15, 0.2) is 0 Å². The van der Waals surface area contributed by atoms with E-state index in [1.54, 1.807) is 30.5 Å². The second-order valence-electron chi connectivity index (χ2n) is 5.67. The van der Waals surface area contributed by atoms with Gasteiger partial charge in [0.2, 0.25) is 0 Å².